The number of carboxylic acids is 1. The number of methoxy groups -OCH3 is 1. The van der Waals surface area contributed by atoms with Crippen molar-refractivity contribution < 1.29 is 23.4 Å². The molecule has 0 spiro atoms. The Morgan fingerprint density at radius 1 is 1.60 bits per heavy atom. The molecule has 0 amide bonds. The van der Waals surface area contributed by atoms with Gasteiger partial charge in [0.2, 0.25) is 0 Å². The first kappa shape index (κ1) is 11.2. The second-order valence-corrected chi connectivity index (χ2v) is 2.60. The predicted molar refractivity (Wildman–Crippen MR) is 45.5 cm³/mol. The van der Waals surface area contributed by atoms with E-state index in [0.717, 1.165) is 13.2 Å². The van der Waals surface area contributed by atoms with Gasteiger partial charge in [-0.1, -0.05) is 0 Å². The Kier molecular flexibility index (Phi) is 3.03. The smallest absolute Gasteiger partial charge is 0.352 e. The van der Waals surface area contributed by atoms with E-state index >= 15 is 0 Å². The normalized spacial score (nSPS) is 10.4. The van der Waals surface area contributed by atoms with E-state index in [9.17, 15) is 18.4 Å². The van der Waals surface area contributed by atoms with Crippen molar-refractivity contribution in [1.29, 1.82) is 0 Å². The summed E-state index contributed by atoms with van der Waals surface area (Å²) in [6.45, 7) is 0. The minimum atomic E-state index is -3.02. The van der Waals surface area contributed by atoms with Crippen LogP contribution in [0.25, 0.3) is 0 Å². The molecule has 1 rings (SSSR count). The number of carbonyl (C=O) groups is 1. The summed E-state index contributed by atoms with van der Waals surface area (Å²) in [5.74, 6) is -1.86. The molecule has 0 aliphatic carbocycles. The van der Waals surface area contributed by atoms with Gasteiger partial charge in [-0.2, -0.15) is 0 Å². The third-order valence-corrected chi connectivity index (χ3v) is 1.70. The first-order chi connectivity index (χ1) is 6.97. The summed E-state index contributed by atoms with van der Waals surface area (Å²) < 4.78 is 29.2. The number of alkyl halides is 2. The number of nitrogens with one attached hydrogen (secondary N) is 1. The largest absolute Gasteiger partial charge is 0.496 e. The van der Waals surface area contributed by atoms with Gasteiger partial charge in [-0.3, -0.25) is 4.79 Å². The van der Waals surface area contributed by atoms with Gasteiger partial charge < -0.3 is 14.8 Å². The number of ether oxygens (including phenoxy) is 1. The molecule has 0 aliphatic rings. The van der Waals surface area contributed by atoms with Gasteiger partial charge in [-0.15, -0.1) is 0 Å². The van der Waals surface area contributed by atoms with E-state index in [1.54, 1.807) is 0 Å². The molecule has 1 aromatic rings. The Bertz CT molecular complexity index is 441. The van der Waals surface area contributed by atoms with Crippen molar-refractivity contribution in [3.63, 3.8) is 0 Å². The van der Waals surface area contributed by atoms with Crippen LogP contribution in [0.3, 0.4) is 0 Å². The molecule has 1 aromatic heterocycles. The molecular formula is C8H7F2NO4. The molecule has 0 saturated carbocycles. The summed E-state index contributed by atoms with van der Waals surface area (Å²) in [6.07, 6.45) is -3.02. The lowest BCUT2D eigenvalue weighted by Gasteiger charge is -2.07. The van der Waals surface area contributed by atoms with Crippen LogP contribution in [0.4, 0.5) is 8.78 Å². The van der Waals surface area contributed by atoms with Crippen LogP contribution in [-0.2, 0) is 0 Å². The molecule has 0 fully saturated rings. The van der Waals surface area contributed by atoms with E-state index in [0.29, 0.717) is 0 Å². The van der Waals surface area contributed by atoms with Crippen LogP contribution in [0.5, 0.6) is 5.75 Å². The van der Waals surface area contributed by atoms with Crippen LogP contribution in [0.15, 0.2) is 10.9 Å². The average Bonchev–Trinajstić information content (AvgIpc) is 2.15. The summed E-state index contributed by atoms with van der Waals surface area (Å²) >= 11 is 0. The number of H-pyrrole nitrogens is 1. The minimum absolute atomic E-state index is 0.439. The number of aromatic amines is 1. The number of rotatable bonds is 3. The molecule has 0 atom stereocenters. The number of hydrogen-bond donors (Lipinski definition) is 2. The van der Waals surface area contributed by atoms with Crippen molar-refractivity contribution in [3.8, 4) is 5.75 Å². The monoisotopic (exact) mass is 219 g/mol. The molecular weight excluding hydrogens is 212 g/mol. The van der Waals surface area contributed by atoms with Crippen molar-refractivity contribution in [2.24, 2.45) is 0 Å². The zero-order valence-electron chi connectivity index (χ0n) is 7.58. The maximum Gasteiger partial charge on any atom is 0.352 e. The standard InChI is InChI=1S/C8H7F2NO4/c1-15-4-2-3(8(13)14)11-7(12)5(4)6(9)10/h2,6H,1H3,(H,11,12)(H,13,14). The molecule has 5 nitrogen and oxygen atoms in total. The minimum Gasteiger partial charge on any atom is -0.496 e. The van der Waals surface area contributed by atoms with E-state index in [1.165, 1.54) is 0 Å². The lowest BCUT2D eigenvalue weighted by atomic mass is 10.2. The molecule has 0 aliphatic heterocycles. The van der Waals surface area contributed by atoms with Crippen LogP contribution in [0.2, 0.25) is 0 Å². The van der Waals surface area contributed by atoms with Crippen molar-refractivity contribution in [2.45, 2.75) is 6.43 Å². The number of aromatic nitrogens is 1. The highest BCUT2D eigenvalue weighted by molar-refractivity contribution is 5.85. The second kappa shape index (κ2) is 4.07. The van der Waals surface area contributed by atoms with Crippen molar-refractivity contribution in [3.05, 3.63) is 27.7 Å². The molecule has 0 aromatic carbocycles. The maximum atomic E-state index is 12.4. The third-order valence-electron chi connectivity index (χ3n) is 1.70. The van der Waals surface area contributed by atoms with Crippen molar-refractivity contribution >= 4 is 5.97 Å². The van der Waals surface area contributed by atoms with Crippen LogP contribution in [0.1, 0.15) is 22.5 Å². The Morgan fingerprint density at radius 2 is 2.20 bits per heavy atom. The Balaban J connectivity index is 3.44. The SMILES string of the molecule is COc1cc(C(=O)O)[nH]c(=O)c1C(F)F. The summed E-state index contributed by atoms with van der Waals surface area (Å²) in [5.41, 5.74) is -2.54. The van der Waals surface area contributed by atoms with Gasteiger partial charge in [-0.25, -0.2) is 13.6 Å². The first-order valence-corrected chi connectivity index (χ1v) is 3.80. The van der Waals surface area contributed by atoms with Gasteiger partial charge in [0.25, 0.3) is 12.0 Å². The fourth-order valence-corrected chi connectivity index (χ4v) is 1.04. The van der Waals surface area contributed by atoms with Gasteiger partial charge in [0, 0.05) is 6.07 Å². The highest BCUT2D eigenvalue weighted by Crippen LogP contribution is 2.25. The highest BCUT2D eigenvalue weighted by Gasteiger charge is 2.21. The molecule has 1 heterocycles. The van der Waals surface area contributed by atoms with Crippen molar-refractivity contribution in [2.75, 3.05) is 7.11 Å². The molecule has 7 heteroatoms. The lowest BCUT2D eigenvalue weighted by molar-refractivity contribution is 0.0688. The summed E-state index contributed by atoms with van der Waals surface area (Å²) in [6, 6.07) is 0.839. The van der Waals surface area contributed by atoms with Crippen LogP contribution in [0, 0.1) is 0 Å². The van der Waals surface area contributed by atoms with E-state index in [1.807, 2.05) is 4.98 Å². The topological polar surface area (TPSA) is 79.4 Å². The van der Waals surface area contributed by atoms with E-state index < -0.39 is 35.0 Å². The molecule has 2 N–H and O–H groups in total. The molecule has 82 valence electrons. The number of halogens is 2. The Labute approximate surface area is 82.3 Å². The molecule has 15 heavy (non-hydrogen) atoms. The predicted octanol–water partition coefficient (Wildman–Crippen LogP) is 1.02. The number of aromatic carboxylic acids is 1. The maximum absolute atomic E-state index is 12.4. The summed E-state index contributed by atoms with van der Waals surface area (Å²) in [5, 5.41) is 8.55. The van der Waals surface area contributed by atoms with Gasteiger partial charge in [-0.05, 0) is 0 Å². The third kappa shape index (κ3) is 2.12. The summed E-state index contributed by atoms with van der Waals surface area (Å²) in [7, 11) is 1.08. The van der Waals surface area contributed by atoms with Gasteiger partial charge in [0.1, 0.15) is 17.0 Å². The molecule has 0 saturated heterocycles. The van der Waals surface area contributed by atoms with Crippen LogP contribution >= 0.6 is 0 Å². The summed E-state index contributed by atoms with van der Waals surface area (Å²) in [4.78, 5) is 23.4. The number of carboxylic acid groups (broad SMARTS) is 1. The van der Waals surface area contributed by atoms with Crippen molar-refractivity contribution in [1.82, 2.24) is 4.98 Å². The number of pyridine rings is 1. The molecule has 0 bridgehead atoms. The first-order valence-electron chi connectivity index (χ1n) is 3.80. The average molecular weight is 219 g/mol. The zero-order chi connectivity index (χ0) is 11.6. The molecule has 0 radical (unpaired) electrons. The fourth-order valence-electron chi connectivity index (χ4n) is 1.04. The Morgan fingerprint density at radius 3 is 2.60 bits per heavy atom. The number of hydrogen-bond acceptors (Lipinski definition) is 3. The van der Waals surface area contributed by atoms with Gasteiger partial charge in [0.15, 0.2) is 0 Å². The van der Waals surface area contributed by atoms with Gasteiger partial charge in [0.05, 0.1) is 7.11 Å². The lowest BCUT2D eigenvalue weighted by Crippen LogP contribution is -2.18. The molecule has 0 unspecified atom stereocenters. The fraction of sp³-hybridized carbons (Fsp3) is 0.250. The quantitative estimate of drug-likeness (QED) is 0.795. The zero-order valence-corrected chi connectivity index (χ0v) is 7.58. The van der Waals surface area contributed by atoms with E-state index in [4.69, 9.17) is 5.11 Å². The second-order valence-electron chi connectivity index (χ2n) is 2.60. The van der Waals surface area contributed by atoms with E-state index in [2.05, 4.69) is 4.74 Å². The Hall–Kier alpha value is -1.92. The van der Waals surface area contributed by atoms with E-state index in [-0.39, 0.29) is 0 Å². The van der Waals surface area contributed by atoms with Crippen LogP contribution in [-0.4, -0.2) is 23.2 Å². The van der Waals surface area contributed by atoms with Crippen LogP contribution < -0.4 is 10.3 Å². The highest BCUT2D eigenvalue weighted by atomic mass is 19.3. The van der Waals surface area contributed by atoms with Gasteiger partial charge >= 0.3 is 5.97 Å².